The molecule has 0 fully saturated rings. The van der Waals surface area contributed by atoms with Gasteiger partial charge in [0.15, 0.2) is 0 Å². The van der Waals surface area contributed by atoms with Gasteiger partial charge in [-0.15, -0.1) is 0 Å². The van der Waals surface area contributed by atoms with E-state index in [4.69, 9.17) is 4.74 Å². The quantitative estimate of drug-likeness (QED) is 0.828. The minimum atomic E-state index is 0.174. The van der Waals surface area contributed by atoms with Gasteiger partial charge in [-0.05, 0) is 29.5 Å². The van der Waals surface area contributed by atoms with Crippen LogP contribution in [0.5, 0.6) is 5.75 Å². The summed E-state index contributed by atoms with van der Waals surface area (Å²) in [5, 5.41) is 9.32. The average molecular weight is 222 g/mol. The third-order valence-corrected chi connectivity index (χ3v) is 3.08. The molecule has 0 aliphatic rings. The van der Waals surface area contributed by atoms with Crippen molar-refractivity contribution in [1.29, 1.82) is 0 Å². The fraction of sp³-hybridized carbons (Fsp3) is 0.571. The number of benzene rings is 1. The molecule has 1 unspecified atom stereocenters. The van der Waals surface area contributed by atoms with Crippen molar-refractivity contribution in [3.05, 3.63) is 29.3 Å². The molecule has 0 aromatic heterocycles. The van der Waals surface area contributed by atoms with Gasteiger partial charge >= 0.3 is 0 Å². The zero-order valence-corrected chi connectivity index (χ0v) is 10.7. The number of aliphatic hydroxyl groups excluding tert-OH is 1. The van der Waals surface area contributed by atoms with E-state index in [-0.39, 0.29) is 12.5 Å². The van der Waals surface area contributed by atoms with E-state index >= 15 is 0 Å². The predicted octanol–water partition coefficient (Wildman–Crippen LogP) is 3.30. The topological polar surface area (TPSA) is 29.5 Å². The molecule has 1 atom stereocenters. The van der Waals surface area contributed by atoms with Gasteiger partial charge in [-0.3, -0.25) is 0 Å². The Morgan fingerprint density at radius 3 is 2.44 bits per heavy atom. The van der Waals surface area contributed by atoms with E-state index in [1.165, 1.54) is 5.56 Å². The lowest BCUT2D eigenvalue weighted by Crippen LogP contribution is -2.05. The Bertz CT molecular complexity index is 328. The van der Waals surface area contributed by atoms with Crippen LogP contribution in [-0.2, 0) is 0 Å². The van der Waals surface area contributed by atoms with Crippen molar-refractivity contribution in [3.8, 4) is 5.75 Å². The van der Waals surface area contributed by atoms with Crippen LogP contribution in [0.4, 0.5) is 0 Å². The molecular weight excluding hydrogens is 200 g/mol. The molecule has 0 aliphatic carbocycles. The predicted molar refractivity (Wildman–Crippen MR) is 67.2 cm³/mol. The molecular formula is C14H22O2. The molecule has 0 saturated carbocycles. The molecule has 0 saturated heterocycles. The van der Waals surface area contributed by atoms with Gasteiger partial charge in [-0.25, -0.2) is 0 Å². The molecule has 16 heavy (non-hydrogen) atoms. The first kappa shape index (κ1) is 13.0. The summed E-state index contributed by atoms with van der Waals surface area (Å²) in [6.07, 6.45) is 0.924. The summed E-state index contributed by atoms with van der Waals surface area (Å²) in [7, 11) is 1.69. The van der Waals surface area contributed by atoms with Crippen LogP contribution in [-0.4, -0.2) is 18.8 Å². The molecule has 0 spiro atoms. The maximum Gasteiger partial charge on any atom is 0.122 e. The normalized spacial score (nSPS) is 12.9. The Labute approximate surface area is 98.3 Å². The molecule has 90 valence electrons. The van der Waals surface area contributed by atoms with E-state index in [9.17, 15) is 5.11 Å². The summed E-state index contributed by atoms with van der Waals surface area (Å²) in [6.45, 7) is 6.58. The number of hydrogen-bond acceptors (Lipinski definition) is 2. The Hall–Kier alpha value is -1.02. The van der Waals surface area contributed by atoms with E-state index in [0.717, 1.165) is 17.7 Å². The maximum absolute atomic E-state index is 9.32. The molecule has 1 aromatic rings. The summed E-state index contributed by atoms with van der Waals surface area (Å²) in [5.74, 6) is 1.57. The number of ether oxygens (including phenoxy) is 1. The van der Waals surface area contributed by atoms with Crippen LogP contribution < -0.4 is 4.74 Å². The first-order valence-corrected chi connectivity index (χ1v) is 5.92. The van der Waals surface area contributed by atoms with Crippen LogP contribution in [0.1, 0.15) is 50.2 Å². The summed E-state index contributed by atoms with van der Waals surface area (Å²) in [5.41, 5.74) is 2.38. The van der Waals surface area contributed by atoms with Crippen molar-refractivity contribution in [2.45, 2.75) is 39.0 Å². The first-order valence-electron chi connectivity index (χ1n) is 5.92. The van der Waals surface area contributed by atoms with Gasteiger partial charge in [0.25, 0.3) is 0 Å². The molecule has 0 radical (unpaired) electrons. The molecule has 0 heterocycles. The van der Waals surface area contributed by atoms with Crippen LogP contribution in [0, 0.1) is 0 Å². The third-order valence-electron chi connectivity index (χ3n) is 3.08. The Balaban J connectivity index is 3.10. The van der Waals surface area contributed by atoms with Gasteiger partial charge in [0, 0.05) is 5.92 Å². The standard InChI is InChI=1S/C14H22O2/c1-5-11(9-15)13-7-6-12(10(2)3)8-14(13)16-4/h6-8,10-11,15H,5,9H2,1-4H3. The molecule has 0 aliphatic heterocycles. The van der Waals surface area contributed by atoms with Gasteiger partial charge < -0.3 is 9.84 Å². The zero-order chi connectivity index (χ0) is 12.1. The van der Waals surface area contributed by atoms with Gasteiger partial charge in [0.1, 0.15) is 5.75 Å². The molecule has 1 N–H and O–H groups in total. The fourth-order valence-corrected chi connectivity index (χ4v) is 1.87. The number of aliphatic hydroxyl groups is 1. The lowest BCUT2D eigenvalue weighted by atomic mass is 9.93. The van der Waals surface area contributed by atoms with Gasteiger partial charge in [-0.1, -0.05) is 32.9 Å². The van der Waals surface area contributed by atoms with Gasteiger partial charge in [0.2, 0.25) is 0 Å². The largest absolute Gasteiger partial charge is 0.496 e. The van der Waals surface area contributed by atoms with Crippen molar-refractivity contribution in [1.82, 2.24) is 0 Å². The molecule has 1 rings (SSSR count). The highest BCUT2D eigenvalue weighted by Gasteiger charge is 2.14. The van der Waals surface area contributed by atoms with Crippen molar-refractivity contribution >= 4 is 0 Å². The van der Waals surface area contributed by atoms with Crippen LogP contribution in [0.3, 0.4) is 0 Å². The summed E-state index contributed by atoms with van der Waals surface area (Å²) in [4.78, 5) is 0. The average Bonchev–Trinajstić information content (AvgIpc) is 2.30. The van der Waals surface area contributed by atoms with Crippen LogP contribution in [0.25, 0.3) is 0 Å². The Kier molecular flexibility index (Phi) is 4.81. The van der Waals surface area contributed by atoms with Crippen LogP contribution in [0.15, 0.2) is 18.2 Å². The maximum atomic E-state index is 9.32. The highest BCUT2D eigenvalue weighted by molar-refractivity contribution is 5.41. The minimum absolute atomic E-state index is 0.174. The second kappa shape index (κ2) is 5.90. The molecule has 1 aromatic carbocycles. The second-order valence-electron chi connectivity index (χ2n) is 4.44. The first-order chi connectivity index (χ1) is 7.63. The number of rotatable bonds is 5. The van der Waals surface area contributed by atoms with E-state index in [2.05, 4.69) is 39.0 Å². The van der Waals surface area contributed by atoms with Crippen LogP contribution >= 0.6 is 0 Å². The van der Waals surface area contributed by atoms with Crippen molar-refractivity contribution in [2.24, 2.45) is 0 Å². The van der Waals surface area contributed by atoms with Crippen molar-refractivity contribution < 1.29 is 9.84 Å². The Morgan fingerprint density at radius 2 is 2.00 bits per heavy atom. The second-order valence-corrected chi connectivity index (χ2v) is 4.44. The van der Waals surface area contributed by atoms with Gasteiger partial charge in [-0.2, -0.15) is 0 Å². The highest BCUT2D eigenvalue weighted by Crippen LogP contribution is 2.31. The van der Waals surface area contributed by atoms with Crippen molar-refractivity contribution in [2.75, 3.05) is 13.7 Å². The molecule has 2 heteroatoms. The lowest BCUT2D eigenvalue weighted by Gasteiger charge is -2.18. The van der Waals surface area contributed by atoms with Gasteiger partial charge in [0.05, 0.1) is 13.7 Å². The molecule has 2 nitrogen and oxygen atoms in total. The fourth-order valence-electron chi connectivity index (χ4n) is 1.87. The number of hydrogen-bond donors (Lipinski definition) is 1. The van der Waals surface area contributed by atoms with Crippen molar-refractivity contribution in [3.63, 3.8) is 0 Å². The summed E-state index contributed by atoms with van der Waals surface area (Å²) in [6, 6.07) is 6.29. The van der Waals surface area contributed by atoms with Crippen LogP contribution in [0.2, 0.25) is 0 Å². The van der Waals surface area contributed by atoms with E-state index in [0.29, 0.717) is 5.92 Å². The highest BCUT2D eigenvalue weighted by atomic mass is 16.5. The Morgan fingerprint density at radius 1 is 1.31 bits per heavy atom. The van der Waals surface area contributed by atoms with E-state index in [1.807, 2.05) is 0 Å². The molecule has 0 bridgehead atoms. The van der Waals surface area contributed by atoms with E-state index < -0.39 is 0 Å². The summed E-state index contributed by atoms with van der Waals surface area (Å²) < 4.78 is 5.41. The zero-order valence-electron chi connectivity index (χ0n) is 10.7. The lowest BCUT2D eigenvalue weighted by molar-refractivity contribution is 0.259. The summed E-state index contributed by atoms with van der Waals surface area (Å²) >= 11 is 0. The number of methoxy groups -OCH3 is 1. The molecule has 0 amide bonds. The smallest absolute Gasteiger partial charge is 0.122 e. The van der Waals surface area contributed by atoms with E-state index in [1.54, 1.807) is 7.11 Å². The minimum Gasteiger partial charge on any atom is -0.496 e. The third kappa shape index (κ3) is 2.76. The monoisotopic (exact) mass is 222 g/mol. The SMILES string of the molecule is CCC(CO)c1ccc(C(C)C)cc1OC.